The van der Waals surface area contributed by atoms with E-state index in [4.69, 9.17) is 17.3 Å². The fourth-order valence-electron chi connectivity index (χ4n) is 1.85. The molecule has 2 aromatic rings. The summed E-state index contributed by atoms with van der Waals surface area (Å²) >= 11 is 7.29. The maximum atomic E-state index is 11.5. The molecule has 2 rings (SSSR count). The van der Waals surface area contributed by atoms with Crippen molar-refractivity contribution < 1.29 is 4.79 Å². The minimum Gasteiger partial charge on any atom is -0.390 e. The van der Waals surface area contributed by atoms with Crippen molar-refractivity contribution in [1.29, 1.82) is 0 Å². The van der Waals surface area contributed by atoms with E-state index in [1.165, 1.54) is 18.3 Å². The lowest BCUT2D eigenvalue weighted by Gasteiger charge is -2.00. The number of anilines is 1. The van der Waals surface area contributed by atoms with E-state index in [0.29, 0.717) is 15.6 Å². The van der Waals surface area contributed by atoms with Crippen molar-refractivity contribution in [2.45, 2.75) is 13.8 Å². The summed E-state index contributed by atoms with van der Waals surface area (Å²) in [4.78, 5) is 12.5. The molecule has 0 atom stereocenters. The van der Waals surface area contributed by atoms with Crippen molar-refractivity contribution in [2.24, 2.45) is 0 Å². The first-order valence-electron chi connectivity index (χ1n) is 5.16. The molecule has 0 saturated heterocycles. The Morgan fingerprint density at radius 2 is 1.88 bits per heavy atom. The lowest BCUT2D eigenvalue weighted by Crippen LogP contribution is -1.97. The average molecular weight is 266 g/mol. The maximum absolute atomic E-state index is 11.5. The minimum atomic E-state index is 0.0106. The second kappa shape index (κ2) is 4.51. The summed E-state index contributed by atoms with van der Waals surface area (Å²) in [6.45, 7) is 3.46. The fourth-order valence-corrected chi connectivity index (χ4v) is 3.10. The summed E-state index contributed by atoms with van der Waals surface area (Å²) in [6, 6.07) is 7.54. The first-order chi connectivity index (χ1) is 8.00. The van der Waals surface area contributed by atoms with E-state index < -0.39 is 0 Å². The fraction of sp³-hybridized carbons (Fsp3) is 0.154. The van der Waals surface area contributed by atoms with Gasteiger partial charge in [0.25, 0.3) is 0 Å². The highest BCUT2D eigenvalue weighted by molar-refractivity contribution is 7.19. The summed E-state index contributed by atoms with van der Waals surface area (Å²) in [6.07, 6.45) is 0. The summed E-state index contributed by atoms with van der Waals surface area (Å²) in [5.41, 5.74) is 8.51. The van der Waals surface area contributed by atoms with Gasteiger partial charge < -0.3 is 5.73 Å². The van der Waals surface area contributed by atoms with Gasteiger partial charge in [-0.3, -0.25) is 4.79 Å². The van der Waals surface area contributed by atoms with Gasteiger partial charge in [0.05, 0.1) is 10.6 Å². The second-order valence-corrected chi connectivity index (χ2v) is 5.35. The van der Waals surface area contributed by atoms with Crippen molar-refractivity contribution >= 4 is 33.7 Å². The molecule has 0 aliphatic rings. The molecule has 0 spiro atoms. The molecule has 1 aromatic carbocycles. The molecule has 1 aromatic heterocycles. The Morgan fingerprint density at radius 3 is 2.35 bits per heavy atom. The number of rotatable bonds is 2. The number of carbonyl (C=O) groups is 1. The lowest BCUT2D eigenvalue weighted by molar-refractivity contribution is 0.101. The Morgan fingerprint density at radius 1 is 1.29 bits per heavy atom. The standard InChI is InChI=1S/C13H12ClNOS/c1-7-11(8(2)16)13(15)17-12(7)9-3-5-10(14)6-4-9/h3-6H,15H2,1-2H3. The molecule has 88 valence electrons. The smallest absolute Gasteiger partial charge is 0.163 e. The summed E-state index contributed by atoms with van der Waals surface area (Å²) in [7, 11) is 0. The third kappa shape index (κ3) is 2.21. The minimum absolute atomic E-state index is 0.0106. The van der Waals surface area contributed by atoms with Crippen LogP contribution in [0.5, 0.6) is 0 Å². The van der Waals surface area contributed by atoms with Gasteiger partial charge in [0.1, 0.15) is 0 Å². The summed E-state index contributed by atoms with van der Waals surface area (Å²) < 4.78 is 0. The molecule has 0 bridgehead atoms. The van der Waals surface area contributed by atoms with Gasteiger partial charge in [0.15, 0.2) is 5.78 Å². The quantitative estimate of drug-likeness (QED) is 0.829. The van der Waals surface area contributed by atoms with Crippen LogP contribution < -0.4 is 5.73 Å². The topological polar surface area (TPSA) is 43.1 Å². The van der Waals surface area contributed by atoms with E-state index in [2.05, 4.69) is 0 Å². The van der Waals surface area contributed by atoms with Crippen LogP contribution in [0.2, 0.25) is 5.02 Å². The van der Waals surface area contributed by atoms with Crippen LogP contribution in [-0.2, 0) is 0 Å². The number of halogens is 1. The number of Topliss-reactive ketones (excluding diaryl/α,β-unsaturated/α-hetero) is 1. The van der Waals surface area contributed by atoms with Crippen molar-refractivity contribution in [3.63, 3.8) is 0 Å². The number of hydrogen-bond donors (Lipinski definition) is 1. The zero-order valence-electron chi connectivity index (χ0n) is 9.58. The van der Waals surface area contributed by atoms with Crippen molar-refractivity contribution in [2.75, 3.05) is 5.73 Å². The number of ketones is 1. The molecule has 2 N–H and O–H groups in total. The molecular weight excluding hydrogens is 254 g/mol. The zero-order valence-corrected chi connectivity index (χ0v) is 11.2. The number of carbonyl (C=O) groups excluding carboxylic acids is 1. The molecule has 0 saturated carbocycles. The van der Waals surface area contributed by atoms with Crippen LogP contribution in [0.1, 0.15) is 22.8 Å². The molecule has 0 radical (unpaired) electrons. The van der Waals surface area contributed by atoms with E-state index in [-0.39, 0.29) is 5.78 Å². The third-order valence-electron chi connectivity index (χ3n) is 2.63. The lowest BCUT2D eigenvalue weighted by atomic mass is 10.0. The first-order valence-corrected chi connectivity index (χ1v) is 6.36. The number of benzene rings is 1. The van der Waals surface area contributed by atoms with Gasteiger partial charge in [-0.1, -0.05) is 23.7 Å². The summed E-state index contributed by atoms with van der Waals surface area (Å²) in [5.74, 6) is 0.0106. The Bertz CT molecular complexity index is 572. The van der Waals surface area contributed by atoms with E-state index in [0.717, 1.165) is 16.0 Å². The Labute approximate surface area is 109 Å². The number of thiophene rings is 1. The SMILES string of the molecule is CC(=O)c1c(N)sc(-c2ccc(Cl)cc2)c1C. The van der Waals surface area contributed by atoms with Crippen LogP contribution in [-0.4, -0.2) is 5.78 Å². The number of hydrogen-bond acceptors (Lipinski definition) is 3. The Balaban J connectivity index is 2.57. The van der Waals surface area contributed by atoms with Gasteiger partial charge >= 0.3 is 0 Å². The van der Waals surface area contributed by atoms with Crippen LogP contribution in [0.4, 0.5) is 5.00 Å². The predicted molar refractivity (Wildman–Crippen MR) is 73.9 cm³/mol. The molecule has 0 aliphatic heterocycles. The van der Waals surface area contributed by atoms with Crippen LogP contribution in [0, 0.1) is 6.92 Å². The first kappa shape index (κ1) is 12.1. The molecule has 0 aliphatic carbocycles. The zero-order chi connectivity index (χ0) is 12.6. The van der Waals surface area contributed by atoms with Crippen LogP contribution in [0.15, 0.2) is 24.3 Å². The molecule has 0 unspecified atom stereocenters. The van der Waals surface area contributed by atoms with E-state index >= 15 is 0 Å². The highest BCUT2D eigenvalue weighted by atomic mass is 35.5. The highest BCUT2D eigenvalue weighted by Gasteiger charge is 2.17. The Hall–Kier alpha value is -1.32. The van der Waals surface area contributed by atoms with Crippen molar-refractivity contribution in [3.8, 4) is 10.4 Å². The molecule has 1 heterocycles. The van der Waals surface area contributed by atoms with Crippen LogP contribution >= 0.6 is 22.9 Å². The highest BCUT2D eigenvalue weighted by Crippen LogP contribution is 2.38. The molecule has 4 heteroatoms. The molecule has 17 heavy (non-hydrogen) atoms. The van der Waals surface area contributed by atoms with Crippen molar-refractivity contribution in [1.82, 2.24) is 0 Å². The summed E-state index contributed by atoms with van der Waals surface area (Å²) in [5, 5.41) is 1.28. The van der Waals surface area contributed by atoms with Gasteiger partial charge in [0.2, 0.25) is 0 Å². The van der Waals surface area contributed by atoms with Gasteiger partial charge in [-0.2, -0.15) is 0 Å². The predicted octanol–water partition coefficient (Wildman–Crippen LogP) is 4.16. The molecular formula is C13H12ClNOS. The van der Waals surface area contributed by atoms with Crippen molar-refractivity contribution in [3.05, 3.63) is 40.4 Å². The van der Waals surface area contributed by atoms with Gasteiger partial charge in [-0.15, -0.1) is 11.3 Å². The molecule has 0 amide bonds. The third-order valence-corrected chi connectivity index (χ3v) is 4.05. The van der Waals surface area contributed by atoms with E-state index in [1.807, 2.05) is 31.2 Å². The van der Waals surface area contributed by atoms with Crippen LogP contribution in [0.25, 0.3) is 10.4 Å². The van der Waals surface area contributed by atoms with Gasteiger partial charge in [-0.25, -0.2) is 0 Å². The average Bonchev–Trinajstić information content (AvgIpc) is 2.55. The van der Waals surface area contributed by atoms with Gasteiger partial charge in [-0.05, 0) is 37.1 Å². The number of nitrogens with two attached hydrogens (primary N) is 1. The van der Waals surface area contributed by atoms with E-state index in [9.17, 15) is 4.79 Å². The monoisotopic (exact) mass is 265 g/mol. The number of nitrogen functional groups attached to an aromatic ring is 1. The normalized spacial score (nSPS) is 10.5. The van der Waals surface area contributed by atoms with Gasteiger partial charge in [0, 0.05) is 9.90 Å². The Kier molecular flexibility index (Phi) is 3.22. The van der Waals surface area contributed by atoms with E-state index in [1.54, 1.807) is 0 Å². The molecule has 0 fully saturated rings. The largest absolute Gasteiger partial charge is 0.390 e. The maximum Gasteiger partial charge on any atom is 0.163 e. The molecule has 2 nitrogen and oxygen atoms in total. The van der Waals surface area contributed by atoms with Crippen LogP contribution in [0.3, 0.4) is 0 Å². The second-order valence-electron chi connectivity index (χ2n) is 3.86.